The normalized spacial score (nSPS) is 25.5. The zero-order chi connectivity index (χ0) is 11.2. The van der Waals surface area contributed by atoms with Crippen molar-refractivity contribution in [1.29, 1.82) is 0 Å². The largest absolute Gasteiger partial charge is 0.337 e. The first-order chi connectivity index (χ1) is 6.90. The van der Waals surface area contributed by atoms with Crippen molar-refractivity contribution >= 4 is 10.0 Å². The van der Waals surface area contributed by atoms with Gasteiger partial charge in [-0.1, -0.05) is 0 Å². The number of rotatable bonds is 3. The summed E-state index contributed by atoms with van der Waals surface area (Å²) in [6, 6.07) is -0.179. The molecule has 84 valence electrons. The van der Waals surface area contributed by atoms with Crippen LogP contribution in [0.3, 0.4) is 0 Å². The zero-order valence-corrected chi connectivity index (χ0v) is 9.45. The fraction of sp³-hybridized carbons (Fsp3) is 0.625. The van der Waals surface area contributed by atoms with Gasteiger partial charge in [-0.3, -0.25) is 0 Å². The van der Waals surface area contributed by atoms with Crippen LogP contribution in [0.15, 0.2) is 11.2 Å². The Labute approximate surface area is 88.5 Å². The molecule has 1 aromatic rings. The van der Waals surface area contributed by atoms with Gasteiger partial charge in [0.1, 0.15) is 5.82 Å². The number of hydrogen-bond acceptors (Lipinski definition) is 4. The molecule has 1 saturated carbocycles. The fourth-order valence-corrected chi connectivity index (χ4v) is 2.61. The molecule has 1 aromatic heterocycles. The molecule has 0 bridgehead atoms. The Balaban J connectivity index is 2.21. The second-order valence-corrected chi connectivity index (χ2v) is 5.53. The quantitative estimate of drug-likeness (QED) is 0.704. The van der Waals surface area contributed by atoms with Crippen molar-refractivity contribution in [2.45, 2.75) is 30.5 Å². The minimum atomic E-state index is -3.49. The second-order valence-electron chi connectivity index (χ2n) is 3.86. The van der Waals surface area contributed by atoms with E-state index < -0.39 is 10.0 Å². The van der Waals surface area contributed by atoms with Gasteiger partial charge in [0.15, 0.2) is 5.03 Å². The number of nitrogens with two attached hydrogens (primary N) is 1. The summed E-state index contributed by atoms with van der Waals surface area (Å²) in [5.74, 6) is 0.662. The summed E-state index contributed by atoms with van der Waals surface area (Å²) in [6.07, 6.45) is 2.19. The van der Waals surface area contributed by atoms with E-state index in [1.165, 1.54) is 6.20 Å². The fourth-order valence-electron chi connectivity index (χ4n) is 1.27. The molecule has 1 aliphatic rings. The molecule has 0 spiro atoms. The first kappa shape index (κ1) is 10.6. The smallest absolute Gasteiger partial charge is 0.259 e. The predicted octanol–water partition coefficient (Wildman–Crippen LogP) is -0.894. The molecule has 7 heteroatoms. The third-order valence-electron chi connectivity index (χ3n) is 2.51. The summed E-state index contributed by atoms with van der Waals surface area (Å²) in [7, 11) is -1.74. The van der Waals surface area contributed by atoms with Gasteiger partial charge in [0.2, 0.25) is 0 Å². The average Bonchev–Trinajstić information content (AvgIpc) is 2.66. The Morgan fingerprint density at radius 1 is 1.67 bits per heavy atom. The second kappa shape index (κ2) is 3.29. The number of sulfonamides is 1. The highest BCUT2D eigenvalue weighted by atomic mass is 32.2. The summed E-state index contributed by atoms with van der Waals surface area (Å²) in [4.78, 5) is 3.96. The Hall–Kier alpha value is -0.920. The molecule has 0 radical (unpaired) electrons. The standard InChI is InChI=1S/C8H14N4O2S/c1-5-10-8(4-12(5)2)15(13,14)11-7-3-6(7)9/h4,6-7,11H,3,9H2,1-2H3. The van der Waals surface area contributed by atoms with Crippen molar-refractivity contribution in [3.8, 4) is 0 Å². The molecule has 0 aliphatic heterocycles. The Morgan fingerprint density at radius 2 is 2.27 bits per heavy atom. The molecule has 1 heterocycles. The molecular formula is C8H14N4O2S. The first-order valence-corrected chi connectivity index (χ1v) is 6.16. The molecule has 15 heavy (non-hydrogen) atoms. The summed E-state index contributed by atoms with van der Waals surface area (Å²) >= 11 is 0. The van der Waals surface area contributed by atoms with E-state index in [1.54, 1.807) is 18.5 Å². The van der Waals surface area contributed by atoms with Crippen molar-refractivity contribution < 1.29 is 8.42 Å². The summed E-state index contributed by atoms with van der Waals surface area (Å²) < 4.78 is 27.7. The number of hydrogen-bond donors (Lipinski definition) is 2. The van der Waals surface area contributed by atoms with Gasteiger partial charge in [-0.05, 0) is 13.3 Å². The number of nitrogens with one attached hydrogen (secondary N) is 1. The van der Waals surface area contributed by atoms with Crippen LogP contribution in [0.4, 0.5) is 0 Å². The van der Waals surface area contributed by atoms with Gasteiger partial charge in [0.05, 0.1) is 0 Å². The Kier molecular flexibility index (Phi) is 2.32. The van der Waals surface area contributed by atoms with Crippen LogP contribution >= 0.6 is 0 Å². The Morgan fingerprint density at radius 3 is 2.67 bits per heavy atom. The molecule has 6 nitrogen and oxygen atoms in total. The predicted molar refractivity (Wildman–Crippen MR) is 54.6 cm³/mol. The van der Waals surface area contributed by atoms with Crippen LogP contribution in [0, 0.1) is 6.92 Å². The lowest BCUT2D eigenvalue weighted by molar-refractivity contribution is 0.576. The highest BCUT2D eigenvalue weighted by Gasteiger charge is 2.37. The summed E-state index contributed by atoms with van der Waals surface area (Å²) in [6.45, 7) is 1.75. The number of aromatic nitrogens is 2. The third-order valence-corrected chi connectivity index (χ3v) is 3.87. The monoisotopic (exact) mass is 230 g/mol. The number of nitrogens with zero attached hydrogens (tertiary/aromatic N) is 2. The van der Waals surface area contributed by atoms with Crippen LogP contribution in [0.1, 0.15) is 12.2 Å². The molecule has 1 fully saturated rings. The van der Waals surface area contributed by atoms with Crippen LogP contribution in [-0.2, 0) is 17.1 Å². The molecule has 0 amide bonds. The van der Waals surface area contributed by atoms with E-state index in [2.05, 4.69) is 9.71 Å². The zero-order valence-electron chi connectivity index (χ0n) is 8.64. The van der Waals surface area contributed by atoms with Gasteiger partial charge in [0.25, 0.3) is 10.0 Å². The van der Waals surface area contributed by atoms with Crippen LogP contribution in [-0.4, -0.2) is 30.1 Å². The summed E-state index contributed by atoms with van der Waals surface area (Å²) in [5.41, 5.74) is 5.53. The lowest BCUT2D eigenvalue weighted by Crippen LogP contribution is -2.30. The Bertz CT molecular complexity index is 459. The van der Waals surface area contributed by atoms with E-state index in [0.29, 0.717) is 12.2 Å². The highest BCUT2D eigenvalue weighted by Crippen LogP contribution is 2.20. The first-order valence-electron chi connectivity index (χ1n) is 4.68. The van der Waals surface area contributed by atoms with Crippen molar-refractivity contribution in [1.82, 2.24) is 14.3 Å². The van der Waals surface area contributed by atoms with Gasteiger partial charge >= 0.3 is 0 Å². The van der Waals surface area contributed by atoms with Crippen LogP contribution in [0.2, 0.25) is 0 Å². The molecule has 1 aliphatic carbocycles. The number of imidazole rings is 1. The van der Waals surface area contributed by atoms with Crippen molar-refractivity contribution in [2.75, 3.05) is 0 Å². The molecule has 0 aromatic carbocycles. The molecule has 2 unspecified atom stereocenters. The maximum atomic E-state index is 11.8. The minimum Gasteiger partial charge on any atom is -0.337 e. The van der Waals surface area contributed by atoms with Gasteiger partial charge in [-0.2, -0.15) is 0 Å². The molecular weight excluding hydrogens is 216 g/mol. The molecule has 3 N–H and O–H groups in total. The molecule has 0 saturated heterocycles. The van der Waals surface area contributed by atoms with E-state index in [1.807, 2.05) is 0 Å². The lowest BCUT2D eigenvalue weighted by Gasteiger charge is -2.01. The van der Waals surface area contributed by atoms with Crippen LogP contribution in [0.25, 0.3) is 0 Å². The lowest BCUT2D eigenvalue weighted by atomic mass is 10.7. The maximum Gasteiger partial charge on any atom is 0.259 e. The topological polar surface area (TPSA) is 90.0 Å². The van der Waals surface area contributed by atoms with Crippen molar-refractivity contribution in [3.05, 3.63) is 12.0 Å². The van der Waals surface area contributed by atoms with E-state index in [9.17, 15) is 8.42 Å². The van der Waals surface area contributed by atoms with E-state index in [0.717, 1.165) is 0 Å². The van der Waals surface area contributed by atoms with Gasteiger partial charge in [0, 0.05) is 25.3 Å². The average molecular weight is 230 g/mol. The number of aryl methyl sites for hydroxylation is 2. The van der Waals surface area contributed by atoms with Gasteiger partial charge in [-0.15, -0.1) is 0 Å². The van der Waals surface area contributed by atoms with Crippen LogP contribution < -0.4 is 10.5 Å². The van der Waals surface area contributed by atoms with E-state index in [-0.39, 0.29) is 17.1 Å². The van der Waals surface area contributed by atoms with Crippen molar-refractivity contribution in [3.63, 3.8) is 0 Å². The maximum absolute atomic E-state index is 11.8. The van der Waals surface area contributed by atoms with Gasteiger partial charge < -0.3 is 10.3 Å². The van der Waals surface area contributed by atoms with E-state index in [4.69, 9.17) is 5.73 Å². The van der Waals surface area contributed by atoms with Crippen molar-refractivity contribution in [2.24, 2.45) is 12.8 Å². The minimum absolute atomic E-state index is 0.0513. The SMILES string of the molecule is Cc1nc(S(=O)(=O)NC2CC2N)cn1C. The summed E-state index contributed by atoms with van der Waals surface area (Å²) in [5, 5.41) is 0.0570. The third kappa shape index (κ3) is 2.04. The highest BCUT2D eigenvalue weighted by molar-refractivity contribution is 7.89. The molecule has 2 rings (SSSR count). The van der Waals surface area contributed by atoms with Gasteiger partial charge in [-0.25, -0.2) is 18.1 Å². The molecule has 2 atom stereocenters. The van der Waals surface area contributed by atoms with Crippen LogP contribution in [0.5, 0.6) is 0 Å². The van der Waals surface area contributed by atoms with E-state index >= 15 is 0 Å².